The van der Waals surface area contributed by atoms with Crippen LogP contribution in [-0.2, 0) is 6.42 Å². The minimum atomic E-state index is 0.146. The second kappa shape index (κ2) is 8.08. The summed E-state index contributed by atoms with van der Waals surface area (Å²) in [7, 11) is 0. The lowest BCUT2D eigenvalue weighted by atomic mass is 9.83. The highest BCUT2D eigenvalue weighted by molar-refractivity contribution is 6.20. The molecule has 0 bridgehead atoms. The third-order valence-electron chi connectivity index (χ3n) is 3.73. The molecule has 0 saturated carbocycles. The SMILES string of the molecule is CCCCc1ccc(C(Cl)CC(C)CC(C)(C)C)cc1. The Morgan fingerprint density at radius 1 is 1.10 bits per heavy atom. The van der Waals surface area contributed by atoms with Crippen LogP contribution >= 0.6 is 11.6 Å². The van der Waals surface area contributed by atoms with Crippen molar-refractivity contribution in [3.05, 3.63) is 35.4 Å². The fourth-order valence-electron chi connectivity index (χ4n) is 2.89. The van der Waals surface area contributed by atoms with Crippen molar-refractivity contribution in [3.63, 3.8) is 0 Å². The van der Waals surface area contributed by atoms with E-state index in [2.05, 4.69) is 58.9 Å². The maximum absolute atomic E-state index is 6.59. The molecular formula is C19H31Cl. The Morgan fingerprint density at radius 2 is 1.70 bits per heavy atom. The predicted molar refractivity (Wildman–Crippen MR) is 91.5 cm³/mol. The molecule has 1 aromatic rings. The molecule has 0 saturated heterocycles. The van der Waals surface area contributed by atoms with E-state index in [4.69, 9.17) is 11.6 Å². The zero-order chi connectivity index (χ0) is 15.2. The van der Waals surface area contributed by atoms with Gasteiger partial charge in [0.1, 0.15) is 0 Å². The van der Waals surface area contributed by atoms with Gasteiger partial charge in [0.25, 0.3) is 0 Å². The molecular weight excluding hydrogens is 264 g/mol. The van der Waals surface area contributed by atoms with E-state index in [1.165, 1.54) is 36.8 Å². The molecule has 2 unspecified atom stereocenters. The third kappa shape index (κ3) is 6.79. The normalized spacial score (nSPS) is 15.1. The van der Waals surface area contributed by atoms with E-state index in [-0.39, 0.29) is 5.38 Å². The molecule has 0 fully saturated rings. The molecule has 0 radical (unpaired) electrons. The Morgan fingerprint density at radius 3 is 2.20 bits per heavy atom. The Labute approximate surface area is 130 Å². The number of unbranched alkanes of at least 4 members (excludes halogenated alkanes) is 1. The van der Waals surface area contributed by atoms with E-state index in [0.29, 0.717) is 11.3 Å². The van der Waals surface area contributed by atoms with Gasteiger partial charge in [-0.05, 0) is 48.1 Å². The standard InChI is InChI=1S/C19H31Cl/c1-6-7-8-16-9-11-17(12-10-16)18(20)13-15(2)14-19(3,4)5/h9-12,15,18H,6-8,13-14H2,1-5H3. The van der Waals surface area contributed by atoms with E-state index >= 15 is 0 Å². The summed E-state index contributed by atoms with van der Waals surface area (Å²) in [6.45, 7) is 11.5. The number of hydrogen-bond acceptors (Lipinski definition) is 0. The van der Waals surface area contributed by atoms with Crippen LogP contribution in [0.1, 0.15) is 76.8 Å². The summed E-state index contributed by atoms with van der Waals surface area (Å²) in [5.41, 5.74) is 3.09. The van der Waals surface area contributed by atoms with Gasteiger partial charge in [-0.15, -0.1) is 11.6 Å². The zero-order valence-electron chi connectivity index (χ0n) is 13.9. The third-order valence-corrected chi connectivity index (χ3v) is 4.16. The van der Waals surface area contributed by atoms with Crippen LogP contribution in [0.15, 0.2) is 24.3 Å². The number of halogens is 1. The van der Waals surface area contributed by atoms with Crippen molar-refractivity contribution in [1.29, 1.82) is 0 Å². The van der Waals surface area contributed by atoms with Gasteiger partial charge in [0.05, 0.1) is 5.38 Å². The summed E-state index contributed by atoms with van der Waals surface area (Å²) in [5.74, 6) is 0.664. The van der Waals surface area contributed by atoms with Crippen molar-refractivity contribution in [2.75, 3.05) is 0 Å². The lowest BCUT2D eigenvalue weighted by Crippen LogP contribution is -2.12. The number of benzene rings is 1. The largest absolute Gasteiger partial charge is 0.118 e. The highest BCUT2D eigenvalue weighted by atomic mass is 35.5. The molecule has 0 aliphatic heterocycles. The second-order valence-corrected chi connectivity index (χ2v) is 7.95. The molecule has 114 valence electrons. The molecule has 0 aliphatic carbocycles. The van der Waals surface area contributed by atoms with Gasteiger partial charge in [0.15, 0.2) is 0 Å². The maximum Gasteiger partial charge on any atom is 0.0587 e. The molecule has 0 heterocycles. The first-order chi connectivity index (χ1) is 9.31. The van der Waals surface area contributed by atoms with Crippen molar-refractivity contribution in [3.8, 4) is 0 Å². The Hall–Kier alpha value is -0.490. The highest BCUT2D eigenvalue weighted by Crippen LogP contribution is 2.33. The minimum absolute atomic E-state index is 0.146. The smallest absolute Gasteiger partial charge is 0.0587 e. The monoisotopic (exact) mass is 294 g/mol. The minimum Gasteiger partial charge on any atom is -0.118 e. The average molecular weight is 295 g/mol. The van der Waals surface area contributed by atoms with Gasteiger partial charge in [-0.2, -0.15) is 0 Å². The molecule has 0 nitrogen and oxygen atoms in total. The summed E-state index contributed by atoms with van der Waals surface area (Å²) in [5, 5.41) is 0.146. The van der Waals surface area contributed by atoms with Crippen molar-refractivity contribution in [2.45, 2.75) is 72.1 Å². The van der Waals surface area contributed by atoms with Crippen LogP contribution in [-0.4, -0.2) is 0 Å². The predicted octanol–water partition coefficient (Wildman–Crippen LogP) is 6.77. The van der Waals surface area contributed by atoms with E-state index in [9.17, 15) is 0 Å². The van der Waals surface area contributed by atoms with E-state index in [0.717, 1.165) is 6.42 Å². The van der Waals surface area contributed by atoms with Crippen LogP contribution in [0, 0.1) is 11.3 Å². The molecule has 0 aliphatic rings. The Kier molecular flexibility index (Phi) is 7.09. The van der Waals surface area contributed by atoms with Crippen LogP contribution in [0.25, 0.3) is 0 Å². The average Bonchev–Trinajstić information content (AvgIpc) is 2.34. The lowest BCUT2D eigenvalue weighted by Gasteiger charge is -2.24. The highest BCUT2D eigenvalue weighted by Gasteiger charge is 2.18. The number of alkyl halides is 1. The quantitative estimate of drug-likeness (QED) is 0.487. The number of rotatable bonds is 7. The van der Waals surface area contributed by atoms with Crippen LogP contribution in [0.3, 0.4) is 0 Å². The fourth-order valence-corrected chi connectivity index (χ4v) is 3.34. The van der Waals surface area contributed by atoms with Crippen LogP contribution in [0.2, 0.25) is 0 Å². The molecule has 1 heteroatoms. The van der Waals surface area contributed by atoms with Gasteiger partial charge < -0.3 is 0 Å². The molecule has 0 aromatic heterocycles. The van der Waals surface area contributed by atoms with Crippen LogP contribution < -0.4 is 0 Å². The summed E-state index contributed by atoms with van der Waals surface area (Å²) in [4.78, 5) is 0. The Balaban J connectivity index is 2.52. The zero-order valence-corrected chi connectivity index (χ0v) is 14.6. The summed E-state index contributed by atoms with van der Waals surface area (Å²) in [6.07, 6.45) is 6.00. The molecule has 0 spiro atoms. The molecule has 0 amide bonds. The van der Waals surface area contributed by atoms with E-state index in [1.807, 2.05) is 0 Å². The fraction of sp³-hybridized carbons (Fsp3) is 0.684. The topological polar surface area (TPSA) is 0 Å². The van der Waals surface area contributed by atoms with Crippen LogP contribution in [0.4, 0.5) is 0 Å². The molecule has 2 atom stereocenters. The van der Waals surface area contributed by atoms with Crippen LogP contribution in [0.5, 0.6) is 0 Å². The first kappa shape index (κ1) is 17.6. The summed E-state index contributed by atoms with van der Waals surface area (Å²) < 4.78 is 0. The maximum atomic E-state index is 6.59. The van der Waals surface area contributed by atoms with E-state index in [1.54, 1.807) is 0 Å². The van der Waals surface area contributed by atoms with Crippen molar-refractivity contribution < 1.29 is 0 Å². The summed E-state index contributed by atoms with van der Waals surface area (Å²) in [6, 6.07) is 8.92. The van der Waals surface area contributed by atoms with Gasteiger partial charge in [-0.25, -0.2) is 0 Å². The second-order valence-electron chi connectivity index (χ2n) is 7.42. The van der Waals surface area contributed by atoms with Gasteiger partial charge in [0, 0.05) is 0 Å². The van der Waals surface area contributed by atoms with Crippen molar-refractivity contribution in [2.24, 2.45) is 11.3 Å². The van der Waals surface area contributed by atoms with E-state index < -0.39 is 0 Å². The van der Waals surface area contributed by atoms with Gasteiger partial charge >= 0.3 is 0 Å². The van der Waals surface area contributed by atoms with Crippen molar-refractivity contribution in [1.82, 2.24) is 0 Å². The van der Waals surface area contributed by atoms with Crippen molar-refractivity contribution >= 4 is 11.6 Å². The first-order valence-electron chi connectivity index (χ1n) is 8.04. The lowest BCUT2D eigenvalue weighted by molar-refractivity contribution is 0.295. The summed E-state index contributed by atoms with van der Waals surface area (Å²) >= 11 is 6.59. The molecule has 0 N–H and O–H groups in total. The molecule has 1 aromatic carbocycles. The Bertz CT molecular complexity index is 372. The molecule has 1 rings (SSSR count). The molecule has 20 heavy (non-hydrogen) atoms. The first-order valence-corrected chi connectivity index (χ1v) is 8.48. The number of aryl methyl sites for hydroxylation is 1. The van der Waals surface area contributed by atoms with Gasteiger partial charge in [0.2, 0.25) is 0 Å². The number of hydrogen-bond donors (Lipinski definition) is 0. The van der Waals surface area contributed by atoms with Gasteiger partial charge in [-0.3, -0.25) is 0 Å². The van der Waals surface area contributed by atoms with Gasteiger partial charge in [-0.1, -0.05) is 65.3 Å².